The molecule has 0 aliphatic carbocycles. The third-order valence-electron chi connectivity index (χ3n) is 2.84. The first-order valence-electron chi connectivity index (χ1n) is 6.64. The first-order valence-corrected chi connectivity index (χ1v) is 6.64. The number of carbonyl (C=O) groups excluding carboxylic acids is 1. The Bertz CT molecular complexity index is 610. The van der Waals surface area contributed by atoms with Gasteiger partial charge in [0.2, 0.25) is 0 Å². The minimum absolute atomic E-state index is 0.00849. The van der Waals surface area contributed by atoms with Gasteiger partial charge in [0.25, 0.3) is 5.69 Å². The number of imidazole rings is 1. The summed E-state index contributed by atoms with van der Waals surface area (Å²) in [5, 5.41) is 10.5. The van der Waals surface area contributed by atoms with Crippen molar-refractivity contribution in [2.75, 3.05) is 6.61 Å². The van der Waals surface area contributed by atoms with E-state index in [-0.39, 0.29) is 18.9 Å². The summed E-state index contributed by atoms with van der Waals surface area (Å²) in [7, 11) is 0. The van der Waals surface area contributed by atoms with Crippen LogP contribution < -0.4 is 0 Å². The maximum absolute atomic E-state index is 11.4. The molecule has 0 amide bonds. The van der Waals surface area contributed by atoms with Gasteiger partial charge < -0.3 is 14.0 Å². The molecule has 1 aromatic carbocycles. The fraction of sp³-hybridized carbons (Fsp3) is 0.286. The van der Waals surface area contributed by atoms with Crippen molar-refractivity contribution < 1.29 is 19.2 Å². The van der Waals surface area contributed by atoms with E-state index < -0.39 is 11.1 Å². The van der Waals surface area contributed by atoms with Crippen molar-refractivity contribution in [3.8, 4) is 0 Å². The van der Waals surface area contributed by atoms with Crippen LogP contribution in [0.3, 0.4) is 0 Å². The molecule has 2 aromatic rings. The van der Waals surface area contributed by atoms with Crippen LogP contribution in [-0.4, -0.2) is 27.2 Å². The number of aromatic nitrogens is 2. The molecule has 0 aliphatic rings. The topological polar surface area (TPSA) is 96.5 Å². The summed E-state index contributed by atoms with van der Waals surface area (Å²) >= 11 is 0. The maximum atomic E-state index is 11.4. The number of aryl methyl sites for hydroxylation is 1. The molecule has 1 aromatic heterocycles. The average Bonchev–Trinajstić information content (AvgIpc) is 3.03. The largest absolute Gasteiger partial charge is 0.508 e. The average molecular weight is 305 g/mol. The Kier molecular flexibility index (Phi) is 5.47. The highest BCUT2D eigenvalue weighted by molar-refractivity contribution is 5.59. The third-order valence-corrected chi connectivity index (χ3v) is 2.84. The predicted molar refractivity (Wildman–Crippen MR) is 76.1 cm³/mol. The summed E-state index contributed by atoms with van der Waals surface area (Å²) in [4.78, 5) is 25.3. The van der Waals surface area contributed by atoms with Crippen molar-refractivity contribution in [2.45, 2.75) is 19.6 Å². The minimum atomic E-state index is -0.760. The molecule has 1 heterocycles. The van der Waals surface area contributed by atoms with Gasteiger partial charge in [-0.05, 0) is 24.1 Å². The van der Waals surface area contributed by atoms with Gasteiger partial charge >= 0.3 is 6.16 Å². The zero-order valence-corrected chi connectivity index (χ0v) is 11.8. The molecule has 116 valence electrons. The lowest BCUT2D eigenvalue weighted by atomic mass is 10.2. The van der Waals surface area contributed by atoms with Crippen LogP contribution in [0.25, 0.3) is 0 Å². The number of nitro groups is 1. The molecule has 0 fully saturated rings. The van der Waals surface area contributed by atoms with Crippen molar-refractivity contribution >= 4 is 11.8 Å². The molecule has 8 heteroatoms. The van der Waals surface area contributed by atoms with Crippen molar-refractivity contribution in [1.29, 1.82) is 0 Å². The number of hydrogen-bond acceptors (Lipinski definition) is 6. The molecule has 0 radical (unpaired) electrons. The molecule has 2 rings (SSSR count). The number of benzene rings is 1. The van der Waals surface area contributed by atoms with E-state index in [0.717, 1.165) is 0 Å². The lowest BCUT2D eigenvalue weighted by Crippen LogP contribution is -2.10. The second-order valence-corrected chi connectivity index (χ2v) is 4.46. The normalized spacial score (nSPS) is 10.2. The summed E-state index contributed by atoms with van der Waals surface area (Å²) in [5.74, 6) is 0. The summed E-state index contributed by atoms with van der Waals surface area (Å²) in [6.45, 7) is 0.964. The smallest absolute Gasteiger partial charge is 0.434 e. The highest BCUT2D eigenvalue weighted by atomic mass is 16.7. The lowest BCUT2D eigenvalue weighted by Gasteiger charge is -2.06. The van der Waals surface area contributed by atoms with Crippen molar-refractivity contribution in [1.82, 2.24) is 9.55 Å². The van der Waals surface area contributed by atoms with E-state index >= 15 is 0 Å². The predicted octanol–water partition coefficient (Wildman–Crippen LogP) is 2.53. The van der Waals surface area contributed by atoms with Gasteiger partial charge in [0.1, 0.15) is 6.61 Å². The molecule has 0 bridgehead atoms. The summed E-state index contributed by atoms with van der Waals surface area (Å²) in [6.07, 6.45) is 5.09. The van der Waals surface area contributed by atoms with Gasteiger partial charge in [0.15, 0.2) is 0 Å². The van der Waals surface area contributed by atoms with Gasteiger partial charge in [-0.2, -0.15) is 0 Å². The van der Waals surface area contributed by atoms with Crippen molar-refractivity contribution in [2.24, 2.45) is 0 Å². The number of rotatable bonds is 7. The van der Waals surface area contributed by atoms with Crippen LogP contribution in [0.5, 0.6) is 0 Å². The molecular formula is C14H15N3O5. The first-order chi connectivity index (χ1) is 10.6. The second kappa shape index (κ2) is 7.77. The first kappa shape index (κ1) is 15.5. The Morgan fingerprint density at radius 1 is 1.27 bits per heavy atom. The molecule has 0 saturated carbocycles. The quantitative estimate of drug-likeness (QED) is 0.337. The number of hydrogen-bond donors (Lipinski definition) is 0. The van der Waals surface area contributed by atoms with E-state index in [1.54, 1.807) is 12.5 Å². The van der Waals surface area contributed by atoms with Gasteiger partial charge in [0, 0.05) is 31.1 Å². The zero-order valence-electron chi connectivity index (χ0n) is 11.8. The van der Waals surface area contributed by atoms with E-state index in [9.17, 15) is 14.9 Å². The van der Waals surface area contributed by atoms with Crippen LogP contribution in [0.4, 0.5) is 10.5 Å². The summed E-state index contributed by atoms with van der Waals surface area (Å²) in [5.41, 5.74) is 0.645. The Morgan fingerprint density at radius 2 is 2.05 bits per heavy atom. The van der Waals surface area contributed by atoms with Gasteiger partial charge in [-0.1, -0.05) is 0 Å². The van der Waals surface area contributed by atoms with Crippen molar-refractivity contribution in [3.63, 3.8) is 0 Å². The van der Waals surface area contributed by atoms with E-state index in [1.807, 2.05) is 10.8 Å². The van der Waals surface area contributed by atoms with Crippen LogP contribution in [0, 0.1) is 10.1 Å². The lowest BCUT2D eigenvalue weighted by molar-refractivity contribution is -0.384. The van der Waals surface area contributed by atoms with Crippen LogP contribution in [0.2, 0.25) is 0 Å². The number of ether oxygens (including phenoxy) is 2. The standard InChI is InChI=1S/C14H15N3O5/c18-14(21-9-1-7-16-8-6-15-11-16)22-10-12-2-4-13(5-3-12)17(19)20/h2-6,8,11H,1,7,9-10H2. The molecule has 0 unspecified atom stereocenters. The Hall–Kier alpha value is -2.90. The van der Waals surface area contributed by atoms with Crippen LogP contribution in [0.15, 0.2) is 43.0 Å². The third kappa shape index (κ3) is 4.89. The molecule has 0 saturated heterocycles. The summed E-state index contributed by atoms with van der Waals surface area (Å²) in [6, 6.07) is 5.78. The maximum Gasteiger partial charge on any atom is 0.508 e. The Labute approximate surface area is 126 Å². The van der Waals surface area contributed by atoms with Gasteiger partial charge in [0.05, 0.1) is 17.9 Å². The molecular weight excluding hydrogens is 290 g/mol. The fourth-order valence-electron chi connectivity index (χ4n) is 1.72. The molecule has 0 N–H and O–H groups in total. The number of nitrogens with zero attached hydrogens (tertiary/aromatic N) is 3. The molecule has 0 spiro atoms. The minimum Gasteiger partial charge on any atom is -0.434 e. The fourth-order valence-corrected chi connectivity index (χ4v) is 1.72. The SMILES string of the molecule is O=C(OCCCn1ccnc1)OCc1ccc([N+](=O)[O-])cc1. The summed E-state index contributed by atoms with van der Waals surface area (Å²) < 4.78 is 11.7. The Balaban J connectivity index is 1.63. The van der Waals surface area contributed by atoms with E-state index in [2.05, 4.69) is 4.98 Å². The van der Waals surface area contributed by atoms with Gasteiger partial charge in [-0.15, -0.1) is 0 Å². The number of carbonyl (C=O) groups is 1. The highest BCUT2D eigenvalue weighted by Crippen LogP contribution is 2.12. The van der Waals surface area contributed by atoms with E-state index in [4.69, 9.17) is 9.47 Å². The highest BCUT2D eigenvalue weighted by Gasteiger charge is 2.07. The Morgan fingerprint density at radius 3 is 2.68 bits per heavy atom. The second-order valence-electron chi connectivity index (χ2n) is 4.46. The zero-order chi connectivity index (χ0) is 15.8. The van der Waals surface area contributed by atoms with Crippen LogP contribution >= 0.6 is 0 Å². The molecule has 0 aliphatic heterocycles. The van der Waals surface area contributed by atoms with Gasteiger partial charge in [-0.3, -0.25) is 10.1 Å². The molecule has 22 heavy (non-hydrogen) atoms. The van der Waals surface area contributed by atoms with Gasteiger partial charge in [-0.25, -0.2) is 9.78 Å². The number of non-ortho nitro benzene ring substituents is 1. The van der Waals surface area contributed by atoms with E-state index in [0.29, 0.717) is 18.5 Å². The van der Waals surface area contributed by atoms with Crippen molar-refractivity contribution in [3.05, 3.63) is 58.7 Å². The molecule has 8 nitrogen and oxygen atoms in total. The monoisotopic (exact) mass is 305 g/mol. The number of nitro benzene ring substituents is 1. The van der Waals surface area contributed by atoms with E-state index in [1.165, 1.54) is 24.3 Å². The van der Waals surface area contributed by atoms with Crippen LogP contribution in [0.1, 0.15) is 12.0 Å². The molecule has 0 atom stereocenters. The van der Waals surface area contributed by atoms with Crippen LogP contribution in [-0.2, 0) is 22.6 Å².